The lowest BCUT2D eigenvalue weighted by molar-refractivity contribution is 1.70. The second kappa shape index (κ2) is 5.49. The van der Waals surface area contributed by atoms with Crippen molar-refractivity contribution in [1.29, 1.82) is 0 Å². The summed E-state index contributed by atoms with van der Waals surface area (Å²) < 4.78 is 0. The van der Waals surface area contributed by atoms with E-state index in [1.165, 1.54) is 48.9 Å². The molecule has 0 aliphatic heterocycles. The summed E-state index contributed by atoms with van der Waals surface area (Å²) in [5, 5.41) is 7.83. The van der Waals surface area contributed by atoms with Gasteiger partial charge in [-0.25, -0.2) is 0 Å². The van der Waals surface area contributed by atoms with Crippen molar-refractivity contribution in [2.75, 3.05) is 0 Å². The topological polar surface area (TPSA) is 0 Å². The Kier molecular flexibility index (Phi) is 3.14. The first-order valence-corrected chi connectivity index (χ1v) is 8.71. The molecule has 0 saturated heterocycles. The van der Waals surface area contributed by atoms with Gasteiger partial charge in [0.15, 0.2) is 0 Å². The Hall–Kier alpha value is -3.06. The largest absolute Gasteiger partial charge is 0.139 e. The lowest BCUT2D eigenvalue weighted by atomic mass is 9.90. The fraction of sp³-hybridized carbons (Fsp3) is 0. The van der Waals surface area contributed by atoms with Crippen LogP contribution < -0.4 is 5.46 Å². The van der Waals surface area contributed by atoms with Crippen molar-refractivity contribution in [2.45, 2.75) is 0 Å². The predicted octanol–water partition coefficient (Wildman–Crippen LogP) is 5.07. The van der Waals surface area contributed by atoms with Gasteiger partial charge in [0.2, 0.25) is 0 Å². The fourth-order valence-electron chi connectivity index (χ4n) is 3.83. The smallest absolute Gasteiger partial charge is 0.0883 e. The molecule has 0 amide bonds. The van der Waals surface area contributed by atoms with Crippen LogP contribution in [0.15, 0.2) is 91.0 Å². The third-order valence-corrected chi connectivity index (χ3v) is 5.07. The van der Waals surface area contributed by atoms with Crippen LogP contribution in [0.1, 0.15) is 0 Å². The molecule has 0 nitrogen and oxygen atoms in total. The lowest BCUT2D eigenvalue weighted by Gasteiger charge is -2.12. The van der Waals surface area contributed by atoms with E-state index in [2.05, 4.69) is 98.8 Å². The van der Waals surface area contributed by atoms with E-state index in [-0.39, 0.29) is 0 Å². The molecule has 0 aliphatic carbocycles. The maximum absolute atomic E-state index is 2.33. The molecule has 0 radical (unpaired) electrons. The van der Waals surface area contributed by atoms with E-state index < -0.39 is 0 Å². The van der Waals surface area contributed by atoms with Crippen LogP contribution in [0.3, 0.4) is 0 Å². The molecule has 1 heteroatoms. The standard InChI is InChI=1S/C24H17B/c25-20-12-11-16-13-19(10-9-17(16)14-20)24-15-18-5-1-2-6-21(18)22-7-3-4-8-23(22)24/h1-15H,25H2. The van der Waals surface area contributed by atoms with E-state index in [0.717, 1.165) is 0 Å². The van der Waals surface area contributed by atoms with Gasteiger partial charge < -0.3 is 0 Å². The third kappa shape index (κ3) is 2.32. The molecule has 0 bridgehead atoms. The van der Waals surface area contributed by atoms with Crippen LogP contribution in [0.2, 0.25) is 0 Å². The second-order valence-electron chi connectivity index (χ2n) is 6.76. The zero-order chi connectivity index (χ0) is 16.8. The summed E-state index contributed by atoms with van der Waals surface area (Å²) in [6.45, 7) is 0. The highest BCUT2D eigenvalue weighted by atomic mass is 14.1. The quantitative estimate of drug-likeness (QED) is 0.299. The highest BCUT2D eigenvalue weighted by Gasteiger charge is 2.08. The molecule has 0 unspecified atom stereocenters. The van der Waals surface area contributed by atoms with Gasteiger partial charge in [-0.2, -0.15) is 0 Å². The van der Waals surface area contributed by atoms with Gasteiger partial charge in [-0.05, 0) is 55.6 Å². The van der Waals surface area contributed by atoms with Crippen LogP contribution in [0.5, 0.6) is 0 Å². The summed E-state index contributed by atoms with van der Waals surface area (Å²) in [6.07, 6.45) is 0. The van der Waals surface area contributed by atoms with Crippen molar-refractivity contribution < 1.29 is 0 Å². The number of fused-ring (bicyclic) bond motifs is 4. The highest BCUT2D eigenvalue weighted by Crippen LogP contribution is 2.35. The Morgan fingerprint density at radius 2 is 1.16 bits per heavy atom. The Labute approximate surface area is 148 Å². The Morgan fingerprint density at radius 1 is 0.480 bits per heavy atom. The second-order valence-corrected chi connectivity index (χ2v) is 6.76. The molecular weight excluding hydrogens is 299 g/mol. The minimum atomic E-state index is 1.28. The summed E-state index contributed by atoms with van der Waals surface area (Å²) in [5.41, 5.74) is 3.88. The van der Waals surface area contributed by atoms with Gasteiger partial charge in [0.1, 0.15) is 7.85 Å². The molecule has 0 saturated carbocycles. The SMILES string of the molecule is Bc1ccc2cc(-c3cc4ccccc4c4ccccc34)ccc2c1. The summed E-state index contributed by atoms with van der Waals surface area (Å²) in [5.74, 6) is 0. The van der Waals surface area contributed by atoms with Crippen molar-refractivity contribution in [3.05, 3.63) is 91.0 Å². The number of rotatable bonds is 1. The maximum atomic E-state index is 2.33. The van der Waals surface area contributed by atoms with E-state index in [9.17, 15) is 0 Å². The van der Waals surface area contributed by atoms with Crippen LogP contribution in [-0.4, -0.2) is 7.85 Å². The average molecular weight is 316 g/mol. The van der Waals surface area contributed by atoms with Crippen LogP contribution in [0.4, 0.5) is 0 Å². The van der Waals surface area contributed by atoms with E-state index in [4.69, 9.17) is 0 Å². The normalized spacial score (nSPS) is 11.4. The first kappa shape index (κ1) is 14.3. The molecule has 0 aliphatic rings. The van der Waals surface area contributed by atoms with Crippen molar-refractivity contribution in [1.82, 2.24) is 0 Å². The Balaban J connectivity index is 1.86. The van der Waals surface area contributed by atoms with Crippen LogP contribution in [0, 0.1) is 0 Å². The van der Waals surface area contributed by atoms with Crippen molar-refractivity contribution in [3.8, 4) is 11.1 Å². The first-order chi connectivity index (χ1) is 12.3. The molecule has 5 aromatic rings. The highest BCUT2D eigenvalue weighted by molar-refractivity contribution is 6.33. The number of hydrogen-bond donors (Lipinski definition) is 0. The van der Waals surface area contributed by atoms with Gasteiger partial charge in [-0.15, -0.1) is 0 Å². The van der Waals surface area contributed by atoms with E-state index in [0.29, 0.717) is 0 Å². The van der Waals surface area contributed by atoms with E-state index >= 15 is 0 Å². The molecule has 0 aromatic heterocycles. The fourth-order valence-corrected chi connectivity index (χ4v) is 3.83. The molecule has 0 fully saturated rings. The summed E-state index contributed by atoms with van der Waals surface area (Å²) in [7, 11) is 2.14. The lowest BCUT2D eigenvalue weighted by Crippen LogP contribution is -1.99. The predicted molar refractivity (Wildman–Crippen MR) is 113 cm³/mol. The molecule has 0 N–H and O–H groups in total. The van der Waals surface area contributed by atoms with Gasteiger partial charge in [-0.3, -0.25) is 0 Å². The number of benzene rings is 5. The van der Waals surface area contributed by atoms with Crippen LogP contribution in [0.25, 0.3) is 43.4 Å². The zero-order valence-corrected chi connectivity index (χ0v) is 14.2. The molecule has 0 heterocycles. The zero-order valence-electron chi connectivity index (χ0n) is 14.2. The monoisotopic (exact) mass is 316 g/mol. The minimum absolute atomic E-state index is 1.28. The average Bonchev–Trinajstić information content (AvgIpc) is 2.67. The van der Waals surface area contributed by atoms with Gasteiger partial charge in [0.05, 0.1) is 0 Å². The van der Waals surface area contributed by atoms with E-state index in [1.807, 2.05) is 0 Å². The van der Waals surface area contributed by atoms with E-state index in [1.54, 1.807) is 0 Å². The Bertz CT molecular complexity index is 1250. The minimum Gasteiger partial charge on any atom is -0.0883 e. The van der Waals surface area contributed by atoms with Crippen molar-refractivity contribution in [3.63, 3.8) is 0 Å². The Morgan fingerprint density at radius 3 is 2.04 bits per heavy atom. The third-order valence-electron chi connectivity index (χ3n) is 5.07. The molecule has 25 heavy (non-hydrogen) atoms. The van der Waals surface area contributed by atoms with Gasteiger partial charge >= 0.3 is 0 Å². The molecule has 0 spiro atoms. The summed E-state index contributed by atoms with van der Waals surface area (Å²) >= 11 is 0. The van der Waals surface area contributed by atoms with Crippen molar-refractivity contribution >= 4 is 45.6 Å². The van der Waals surface area contributed by atoms with Crippen LogP contribution in [-0.2, 0) is 0 Å². The van der Waals surface area contributed by atoms with Gasteiger partial charge in [0.25, 0.3) is 0 Å². The van der Waals surface area contributed by atoms with Crippen molar-refractivity contribution in [2.24, 2.45) is 0 Å². The summed E-state index contributed by atoms with van der Waals surface area (Å²) in [6, 6.07) is 33.1. The molecule has 116 valence electrons. The molecule has 5 aromatic carbocycles. The van der Waals surface area contributed by atoms with Gasteiger partial charge in [-0.1, -0.05) is 84.3 Å². The van der Waals surface area contributed by atoms with Gasteiger partial charge in [0, 0.05) is 0 Å². The summed E-state index contributed by atoms with van der Waals surface area (Å²) in [4.78, 5) is 0. The first-order valence-electron chi connectivity index (χ1n) is 8.71. The molecular formula is C24H17B. The number of hydrogen-bond acceptors (Lipinski definition) is 0. The molecule has 0 atom stereocenters. The molecule has 5 rings (SSSR count). The maximum Gasteiger partial charge on any atom is 0.139 e. The van der Waals surface area contributed by atoms with Crippen LogP contribution >= 0.6 is 0 Å².